The number of nitrogens with two attached hydrogens (primary N) is 2. The van der Waals surface area contributed by atoms with Gasteiger partial charge in [-0.05, 0) is 0 Å². The van der Waals surface area contributed by atoms with Crippen LogP contribution in [-0.2, 0) is 10.5 Å². The van der Waals surface area contributed by atoms with E-state index in [1.807, 2.05) is 0 Å². The van der Waals surface area contributed by atoms with Gasteiger partial charge in [0.1, 0.15) is 6.10 Å². The lowest BCUT2D eigenvalue weighted by atomic mass is 10.1. The molecular formula is C10H14N6O4. The Bertz CT molecular complexity index is 711. The van der Waals surface area contributed by atoms with Gasteiger partial charge in [0.2, 0.25) is 5.95 Å². The summed E-state index contributed by atoms with van der Waals surface area (Å²) in [5, 5.41) is 18.8. The number of anilines is 1. The fourth-order valence-electron chi connectivity index (χ4n) is 2.27. The lowest BCUT2D eigenvalue weighted by Crippen LogP contribution is -2.38. The maximum Gasteiger partial charge on any atom is 0.278 e. The van der Waals surface area contributed by atoms with Crippen molar-refractivity contribution in [2.45, 2.75) is 24.4 Å². The van der Waals surface area contributed by atoms with E-state index in [1.54, 1.807) is 0 Å². The number of hydrogen-bond donors (Lipinski definition) is 6. The van der Waals surface area contributed by atoms with Crippen LogP contribution in [0, 0.1) is 0 Å². The molecule has 10 nitrogen and oxygen atoms in total. The molecule has 0 aromatic carbocycles. The first-order chi connectivity index (χ1) is 9.43. The number of aromatic amines is 2. The summed E-state index contributed by atoms with van der Waals surface area (Å²) in [5.74, 6) is 0.0818. The summed E-state index contributed by atoms with van der Waals surface area (Å²) in [6, 6.07) is 0. The molecule has 0 saturated carbocycles. The van der Waals surface area contributed by atoms with Gasteiger partial charge in [-0.2, -0.15) is 4.98 Å². The zero-order chi connectivity index (χ0) is 14.5. The van der Waals surface area contributed by atoms with Crippen molar-refractivity contribution < 1.29 is 14.9 Å². The van der Waals surface area contributed by atoms with Crippen LogP contribution in [0.15, 0.2) is 4.79 Å². The Hall–Kier alpha value is -2.01. The number of rotatable bonds is 2. The largest absolute Gasteiger partial charge is 0.394 e. The second-order valence-electron chi connectivity index (χ2n) is 4.74. The molecule has 3 heterocycles. The Morgan fingerprint density at radius 2 is 2.20 bits per heavy atom. The van der Waals surface area contributed by atoms with Crippen molar-refractivity contribution in [3.63, 3.8) is 0 Å². The SMILES string of the molecule is Nc1nc2nc(C3(N)C[C@H](O)[C@@H](CO)O3)[nH]c2c(=O)[nH]1. The summed E-state index contributed by atoms with van der Waals surface area (Å²) in [7, 11) is 0. The number of nitrogens with zero attached hydrogens (tertiary/aromatic N) is 2. The molecule has 2 aromatic heterocycles. The topological polar surface area (TPSA) is 176 Å². The molecule has 8 N–H and O–H groups in total. The van der Waals surface area contributed by atoms with Gasteiger partial charge >= 0.3 is 0 Å². The number of H-pyrrole nitrogens is 2. The zero-order valence-corrected chi connectivity index (χ0v) is 10.3. The van der Waals surface area contributed by atoms with Crippen LogP contribution >= 0.6 is 0 Å². The monoisotopic (exact) mass is 282 g/mol. The average Bonchev–Trinajstić information content (AvgIpc) is 2.91. The van der Waals surface area contributed by atoms with Gasteiger partial charge < -0.3 is 25.7 Å². The molecule has 3 rings (SSSR count). The lowest BCUT2D eigenvalue weighted by molar-refractivity contribution is -0.0768. The Morgan fingerprint density at radius 1 is 1.45 bits per heavy atom. The first-order valence-electron chi connectivity index (χ1n) is 5.94. The van der Waals surface area contributed by atoms with E-state index in [2.05, 4.69) is 19.9 Å². The van der Waals surface area contributed by atoms with Crippen molar-refractivity contribution in [2.24, 2.45) is 5.73 Å². The third-order valence-electron chi connectivity index (χ3n) is 3.26. The Balaban J connectivity index is 2.07. The molecule has 0 amide bonds. The highest BCUT2D eigenvalue weighted by Gasteiger charge is 2.46. The fraction of sp³-hybridized carbons (Fsp3) is 0.500. The fourth-order valence-corrected chi connectivity index (χ4v) is 2.27. The number of aromatic nitrogens is 4. The van der Waals surface area contributed by atoms with Crippen LogP contribution < -0.4 is 17.0 Å². The molecule has 0 aliphatic carbocycles. The normalized spacial score (nSPS) is 30.1. The Morgan fingerprint density at radius 3 is 2.85 bits per heavy atom. The highest BCUT2D eigenvalue weighted by molar-refractivity contribution is 5.70. The summed E-state index contributed by atoms with van der Waals surface area (Å²) < 4.78 is 5.41. The number of hydrogen-bond acceptors (Lipinski definition) is 8. The van der Waals surface area contributed by atoms with Crippen LogP contribution in [0.3, 0.4) is 0 Å². The standard InChI is InChI=1S/C10H14N6O4/c11-9-15-6-5(7(19)16-9)13-8(14-6)10(12)1-3(18)4(2-17)20-10/h3-4,17-18H,1-2,12H2,(H4,11,13,14,15,16,19)/t3-,4+,10?/m0/s1. The van der Waals surface area contributed by atoms with Gasteiger partial charge in [-0.15, -0.1) is 0 Å². The van der Waals surface area contributed by atoms with Gasteiger partial charge in [0, 0.05) is 6.42 Å². The van der Waals surface area contributed by atoms with Gasteiger partial charge in [-0.25, -0.2) is 4.98 Å². The van der Waals surface area contributed by atoms with E-state index >= 15 is 0 Å². The number of nitrogens with one attached hydrogen (secondary N) is 2. The summed E-state index contributed by atoms with van der Waals surface area (Å²) in [4.78, 5) is 24.7. The van der Waals surface area contributed by atoms with Crippen LogP contribution in [0.25, 0.3) is 11.2 Å². The van der Waals surface area contributed by atoms with Gasteiger partial charge in [0.05, 0.1) is 12.7 Å². The smallest absolute Gasteiger partial charge is 0.278 e. The van der Waals surface area contributed by atoms with E-state index < -0.39 is 23.5 Å². The van der Waals surface area contributed by atoms with Crippen molar-refractivity contribution in [2.75, 3.05) is 12.3 Å². The molecule has 1 saturated heterocycles. The number of imidazole rings is 1. The van der Waals surface area contributed by atoms with Crippen LogP contribution in [0.4, 0.5) is 5.95 Å². The predicted molar refractivity (Wildman–Crippen MR) is 67.4 cm³/mol. The van der Waals surface area contributed by atoms with Crippen LogP contribution in [-0.4, -0.2) is 49.0 Å². The predicted octanol–water partition coefficient (Wildman–Crippen LogP) is -2.52. The van der Waals surface area contributed by atoms with E-state index in [-0.39, 0.29) is 36.0 Å². The van der Waals surface area contributed by atoms with Crippen molar-refractivity contribution in [3.8, 4) is 0 Å². The summed E-state index contributed by atoms with van der Waals surface area (Å²) in [6.07, 6.45) is -1.69. The van der Waals surface area contributed by atoms with E-state index in [4.69, 9.17) is 21.3 Å². The third kappa shape index (κ3) is 1.86. The molecule has 1 fully saturated rings. The highest BCUT2D eigenvalue weighted by Crippen LogP contribution is 2.33. The second kappa shape index (κ2) is 4.24. The van der Waals surface area contributed by atoms with Gasteiger partial charge in [0.25, 0.3) is 5.56 Å². The molecule has 0 bridgehead atoms. The zero-order valence-electron chi connectivity index (χ0n) is 10.3. The molecular weight excluding hydrogens is 268 g/mol. The van der Waals surface area contributed by atoms with E-state index in [0.717, 1.165) is 0 Å². The average molecular weight is 282 g/mol. The van der Waals surface area contributed by atoms with Crippen molar-refractivity contribution in [3.05, 3.63) is 16.2 Å². The number of fused-ring (bicyclic) bond motifs is 1. The minimum atomic E-state index is -1.42. The number of ether oxygens (including phenoxy) is 1. The minimum Gasteiger partial charge on any atom is -0.394 e. The maximum absolute atomic E-state index is 11.7. The van der Waals surface area contributed by atoms with Crippen molar-refractivity contribution >= 4 is 17.1 Å². The molecule has 3 atom stereocenters. The number of aliphatic hydroxyl groups excluding tert-OH is 2. The molecule has 0 radical (unpaired) electrons. The lowest BCUT2D eigenvalue weighted by Gasteiger charge is -2.20. The molecule has 1 aliphatic heterocycles. The Kier molecular flexibility index (Phi) is 2.76. The van der Waals surface area contributed by atoms with Crippen molar-refractivity contribution in [1.29, 1.82) is 0 Å². The summed E-state index contributed by atoms with van der Waals surface area (Å²) in [5.41, 5.74) is 9.78. The highest BCUT2D eigenvalue weighted by atomic mass is 16.6. The first-order valence-corrected chi connectivity index (χ1v) is 5.94. The van der Waals surface area contributed by atoms with Gasteiger partial charge in [-0.1, -0.05) is 0 Å². The molecule has 1 unspecified atom stereocenters. The van der Waals surface area contributed by atoms with Crippen LogP contribution in [0.5, 0.6) is 0 Å². The van der Waals surface area contributed by atoms with E-state index in [1.165, 1.54) is 0 Å². The number of nitrogen functional groups attached to an aromatic ring is 1. The summed E-state index contributed by atoms with van der Waals surface area (Å²) in [6.45, 7) is -0.369. The quantitative estimate of drug-likeness (QED) is 0.349. The molecule has 1 aliphatic rings. The second-order valence-corrected chi connectivity index (χ2v) is 4.74. The van der Waals surface area contributed by atoms with Crippen LogP contribution in [0.1, 0.15) is 12.2 Å². The maximum atomic E-state index is 11.7. The molecule has 0 spiro atoms. The Labute approximate surface area is 111 Å². The minimum absolute atomic E-state index is 0.0332. The van der Waals surface area contributed by atoms with E-state index in [0.29, 0.717) is 0 Å². The first kappa shape index (κ1) is 13.0. The molecule has 20 heavy (non-hydrogen) atoms. The van der Waals surface area contributed by atoms with Crippen LogP contribution in [0.2, 0.25) is 0 Å². The van der Waals surface area contributed by atoms with Gasteiger partial charge in [0.15, 0.2) is 22.7 Å². The van der Waals surface area contributed by atoms with Gasteiger partial charge in [-0.3, -0.25) is 15.5 Å². The molecule has 10 heteroatoms. The van der Waals surface area contributed by atoms with E-state index in [9.17, 15) is 9.90 Å². The number of aliphatic hydroxyl groups is 2. The molecule has 2 aromatic rings. The van der Waals surface area contributed by atoms with Crippen molar-refractivity contribution in [1.82, 2.24) is 19.9 Å². The molecule has 108 valence electrons. The summed E-state index contributed by atoms with van der Waals surface area (Å²) >= 11 is 0. The third-order valence-corrected chi connectivity index (χ3v) is 3.26.